The first-order chi connectivity index (χ1) is 13.9. The smallest absolute Gasteiger partial charge is 0.257 e. The van der Waals surface area contributed by atoms with Crippen LogP contribution in [-0.4, -0.2) is 54.8 Å². The Bertz CT molecular complexity index is 1190. The molecule has 1 N–H and O–H groups in total. The number of fused-ring (bicyclic) bond motifs is 1. The van der Waals surface area contributed by atoms with E-state index in [4.69, 9.17) is 11.6 Å². The van der Waals surface area contributed by atoms with E-state index in [0.717, 1.165) is 10.8 Å². The molecule has 1 aliphatic heterocycles. The molecule has 3 aromatic rings. The Morgan fingerprint density at radius 2 is 1.48 bits per heavy atom. The van der Waals surface area contributed by atoms with Gasteiger partial charge in [-0.1, -0.05) is 48.0 Å². The second-order valence-corrected chi connectivity index (χ2v) is 9.16. The van der Waals surface area contributed by atoms with Crippen LogP contribution >= 0.6 is 11.6 Å². The van der Waals surface area contributed by atoms with Crippen molar-refractivity contribution in [3.8, 4) is 5.75 Å². The van der Waals surface area contributed by atoms with E-state index in [9.17, 15) is 18.3 Å². The summed E-state index contributed by atoms with van der Waals surface area (Å²) >= 11 is 6.05. The lowest BCUT2D eigenvalue weighted by atomic mass is 10.0. The number of benzene rings is 3. The number of rotatable bonds is 3. The van der Waals surface area contributed by atoms with Gasteiger partial charge in [-0.25, -0.2) is 8.42 Å². The van der Waals surface area contributed by atoms with Crippen LogP contribution in [0.4, 0.5) is 0 Å². The fourth-order valence-electron chi connectivity index (χ4n) is 3.49. The fraction of sp³-hybridized carbons (Fsp3) is 0.190. The van der Waals surface area contributed by atoms with Crippen molar-refractivity contribution in [1.82, 2.24) is 9.21 Å². The molecule has 3 aromatic carbocycles. The van der Waals surface area contributed by atoms with Gasteiger partial charge in [0.2, 0.25) is 10.0 Å². The molecule has 0 unspecified atom stereocenters. The Hall–Kier alpha value is -2.61. The summed E-state index contributed by atoms with van der Waals surface area (Å²) in [4.78, 5) is 14.5. The van der Waals surface area contributed by atoms with Gasteiger partial charge in [-0.2, -0.15) is 4.31 Å². The molecule has 150 valence electrons. The number of hydrogen-bond donors (Lipinski definition) is 1. The zero-order chi connectivity index (χ0) is 20.6. The highest BCUT2D eigenvalue weighted by molar-refractivity contribution is 7.89. The highest BCUT2D eigenvalue weighted by atomic mass is 35.5. The molecule has 1 heterocycles. The van der Waals surface area contributed by atoms with Crippen LogP contribution in [0.25, 0.3) is 10.8 Å². The third-order valence-electron chi connectivity index (χ3n) is 5.07. The minimum absolute atomic E-state index is 0.0635. The topological polar surface area (TPSA) is 77.9 Å². The maximum absolute atomic E-state index is 12.9. The summed E-state index contributed by atoms with van der Waals surface area (Å²) in [5, 5.41) is 12.2. The number of carbonyl (C=O) groups is 1. The number of aromatic hydroxyl groups is 1. The van der Waals surface area contributed by atoms with Crippen LogP contribution in [0.2, 0.25) is 5.02 Å². The molecule has 1 amide bonds. The van der Waals surface area contributed by atoms with E-state index in [0.29, 0.717) is 0 Å². The van der Waals surface area contributed by atoms with Crippen LogP contribution in [0.1, 0.15) is 10.4 Å². The predicted molar refractivity (Wildman–Crippen MR) is 112 cm³/mol. The van der Waals surface area contributed by atoms with E-state index >= 15 is 0 Å². The van der Waals surface area contributed by atoms with Crippen LogP contribution in [0.5, 0.6) is 5.75 Å². The van der Waals surface area contributed by atoms with Gasteiger partial charge in [0.15, 0.2) is 0 Å². The van der Waals surface area contributed by atoms with Crippen molar-refractivity contribution < 1.29 is 18.3 Å². The first-order valence-electron chi connectivity index (χ1n) is 9.13. The molecule has 29 heavy (non-hydrogen) atoms. The molecule has 0 spiro atoms. The van der Waals surface area contributed by atoms with Gasteiger partial charge < -0.3 is 10.0 Å². The van der Waals surface area contributed by atoms with Crippen molar-refractivity contribution >= 4 is 38.3 Å². The summed E-state index contributed by atoms with van der Waals surface area (Å²) < 4.78 is 27.0. The van der Waals surface area contributed by atoms with Gasteiger partial charge in [-0.05, 0) is 35.0 Å². The van der Waals surface area contributed by atoms with Gasteiger partial charge in [0, 0.05) is 26.2 Å². The van der Waals surface area contributed by atoms with E-state index in [-0.39, 0.29) is 53.3 Å². The van der Waals surface area contributed by atoms with Crippen LogP contribution in [0, 0.1) is 0 Å². The zero-order valence-electron chi connectivity index (χ0n) is 15.5. The van der Waals surface area contributed by atoms with E-state index in [1.165, 1.54) is 16.4 Å². The number of sulfonamides is 1. The van der Waals surface area contributed by atoms with Gasteiger partial charge in [-0.3, -0.25) is 4.79 Å². The number of amides is 1. The summed E-state index contributed by atoms with van der Waals surface area (Å²) in [5.41, 5.74) is 0.214. The maximum atomic E-state index is 12.9. The second kappa shape index (κ2) is 7.67. The summed E-state index contributed by atoms with van der Waals surface area (Å²) in [5.74, 6) is -0.400. The first-order valence-corrected chi connectivity index (χ1v) is 11.0. The monoisotopic (exact) mass is 430 g/mol. The number of carbonyl (C=O) groups excluding carboxylic acids is 1. The van der Waals surface area contributed by atoms with Crippen molar-refractivity contribution in [2.45, 2.75) is 4.90 Å². The van der Waals surface area contributed by atoms with Crippen LogP contribution in [0.15, 0.2) is 65.6 Å². The standard InChI is InChI=1S/C21H19ClN2O4S/c22-18-7-3-4-8-20(18)29(27,28)24-11-9-23(10-12-24)21(26)17-13-15-5-1-2-6-16(15)14-19(17)25/h1-8,13-14,25H,9-12H2. The minimum Gasteiger partial charge on any atom is -0.507 e. The van der Waals surface area contributed by atoms with Crippen molar-refractivity contribution in [2.24, 2.45) is 0 Å². The molecule has 1 aliphatic rings. The lowest BCUT2D eigenvalue weighted by Gasteiger charge is -2.34. The fourth-order valence-corrected chi connectivity index (χ4v) is 5.41. The van der Waals surface area contributed by atoms with Crippen molar-refractivity contribution in [1.29, 1.82) is 0 Å². The first kappa shape index (κ1) is 19.7. The lowest BCUT2D eigenvalue weighted by Crippen LogP contribution is -2.50. The van der Waals surface area contributed by atoms with Crippen molar-refractivity contribution in [3.63, 3.8) is 0 Å². The van der Waals surface area contributed by atoms with Crippen LogP contribution in [-0.2, 0) is 10.0 Å². The molecule has 1 saturated heterocycles. The average molecular weight is 431 g/mol. The minimum atomic E-state index is -3.73. The third kappa shape index (κ3) is 3.69. The number of piperazine rings is 1. The number of nitrogens with zero attached hydrogens (tertiary/aromatic N) is 2. The number of hydrogen-bond acceptors (Lipinski definition) is 4. The molecule has 0 aromatic heterocycles. The molecule has 1 fully saturated rings. The molecule has 0 saturated carbocycles. The normalized spacial score (nSPS) is 15.6. The van der Waals surface area contributed by atoms with Gasteiger partial charge >= 0.3 is 0 Å². The summed E-state index contributed by atoms with van der Waals surface area (Å²) in [6.07, 6.45) is 0. The Balaban J connectivity index is 1.52. The second-order valence-electron chi connectivity index (χ2n) is 6.84. The lowest BCUT2D eigenvalue weighted by molar-refractivity contribution is 0.0695. The predicted octanol–water partition coefficient (Wildman–Crippen LogP) is 3.35. The number of phenolic OH excluding ortho intramolecular Hbond substituents is 1. The summed E-state index contributed by atoms with van der Waals surface area (Å²) in [6, 6.07) is 17.0. The molecule has 0 aliphatic carbocycles. The molecule has 6 nitrogen and oxygen atoms in total. The molecular weight excluding hydrogens is 412 g/mol. The van der Waals surface area contributed by atoms with Crippen molar-refractivity contribution in [3.05, 3.63) is 71.2 Å². The van der Waals surface area contributed by atoms with Crippen LogP contribution < -0.4 is 0 Å². The average Bonchev–Trinajstić information content (AvgIpc) is 2.73. The third-order valence-corrected chi connectivity index (χ3v) is 7.47. The van der Waals surface area contributed by atoms with Crippen molar-refractivity contribution in [2.75, 3.05) is 26.2 Å². The Labute approximate surface area is 174 Å². The maximum Gasteiger partial charge on any atom is 0.257 e. The summed E-state index contributed by atoms with van der Waals surface area (Å²) in [7, 11) is -3.73. The van der Waals surface area contributed by atoms with E-state index in [1.54, 1.807) is 29.2 Å². The van der Waals surface area contributed by atoms with Gasteiger partial charge in [0.25, 0.3) is 5.91 Å². The molecule has 4 rings (SSSR count). The Kier molecular flexibility index (Phi) is 5.21. The largest absolute Gasteiger partial charge is 0.507 e. The highest BCUT2D eigenvalue weighted by Gasteiger charge is 2.32. The molecule has 0 atom stereocenters. The molecular formula is C21H19ClN2O4S. The molecule has 0 radical (unpaired) electrons. The number of halogens is 1. The Morgan fingerprint density at radius 1 is 0.897 bits per heavy atom. The highest BCUT2D eigenvalue weighted by Crippen LogP contribution is 2.28. The molecule has 0 bridgehead atoms. The quantitative estimate of drug-likeness (QED) is 0.691. The van der Waals surface area contributed by atoms with E-state index in [2.05, 4.69) is 0 Å². The van der Waals surface area contributed by atoms with E-state index < -0.39 is 10.0 Å². The zero-order valence-corrected chi connectivity index (χ0v) is 17.0. The SMILES string of the molecule is O=C(c1cc2ccccc2cc1O)N1CCN(S(=O)(=O)c2ccccc2Cl)CC1. The van der Waals surface area contributed by atoms with E-state index in [1.807, 2.05) is 24.3 Å². The van der Waals surface area contributed by atoms with Gasteiger partial charge in [-0.15, -0.1) is 0 Å². The van der Waals surface area contributed by atoms with Gasteiger partial charge in [0.1, 0.15) is 10.6 Å². The van der Waals surface area contributed by atoms with Gasteiger partial charge in [0.05, 0.1) is 10.6 Å². The number of phenols is 1. The molecule has 8 heteroatoms. The van der Waals surface area contributed by atoms with Crippen LogP contribution in [0.3, 0.4) is 0 Å². The Morgan fingerprint density at radius 3 is 2.14 bits per heavy atom. The summed E-state index contributed by atoms with van der Waals surface area (Å²) in [6.45, 7) is 0.783.